The van der Waals surface area contributed by atoms with Gasteiger partial charge in [-0.1, -0.05) is 6.92 Å². The first-order valence-corrected chi connectivity index (χ1v) is 3.27. The van der Waals surface area contributed by atoms with Crippen LogP contribution in [0.5, 0.6) is 0 Å². The first kappa shape index (κ1) is 7.12. The van der Waals surface area contributed by atoms with Gasteiger partial charge in [-0.25, -0.2) is 4.79 Å². The molecule has 1 rings (SSSR count). The van der Waals surface area contributed by atoms with Gasteiger partial charge >= 0.3 is 5.97 Å². The van der Waals surface area contributed by atoms with Gasteiger partial charge in [-0.2, -0.15) is 0 Å². The van der Waals surface area contributed by atoms with Gasteiger partial charge < -0.3 is 9.84 Å². The van der Waals surface area contributed by atoms with Gasteiger partial charge in [-0.05, 0) is 12.3 Å². The van der Waals surface area contributed by atoms with E-state index in [4.69, 9.17) is 9.84 Å². The number of hydrogen-bond donors (Lipinski definition) is 1. The molecule has 0 fully saturated rings. The molecule has 3 heteroatoms. The normalized spacial score (nSPS) is 24.9. The van der Waals surface area contributed by atoms with E-state index in [0.717, 1.165) is 6.42 Å². The summed E-state index contributed by atoms with van der Waals surface area (Å²) in [5, 5.41) is 8.56. The summed E-state index contributed by atoms with van der Waals surface area (Å²) >= 11 is 0. The minimum atomic E-state index is -0.868. The number of carboxylic acid groups (broad SMARTS) is 1. The number of aliphatic carboxylic acids is 1. The van der Waals surface area contributed by atoms with Crippen molar-refractivity contribution < 1.29 is 14.6 Å². The van der Waals surface area contributed by atoms with Crippen molar-refractivity contribution in [3.8, 4) is 0 Å². The highest BCUT2D eigenvalue weighted by atomic mass is 16.5. The molecule has 1 heterocycles. The highest BCUT2D eigenvalue weighted by molar-refractivity contribution is 5.86. The van der Waals surface area contributed by atoms with Gasteiger partial charge in [0.2, 0.25) is 0 Å². The largest absolute Gasteiger partial charge is 0.501 e. The molecule has 1 unspecified atom stereocenters. The van der Waals surface area contributed by atoms with Gasteiger partial charge in [0.25, 0.3) is 0 Å². The summed E-state index contributed by atoms with van der Waals surface area (Å²) in [5.41, 5.74) is 0.381. The maximum absolute atomic E-state index is 10.4. The summed E-state index contributed by atoms with van der Waals surface area (Å²) in [7, 11) is 0. The molecule has 0 spiro atoms. The van der Waals surface area contributed by atoms with Crippen LogP contribution in [0, 0.1) is 5.92 Å². The molecule has 1 atom stereocenters. The van der Waals surface area contributed by atoms with Crippen molar-refractivity contribution in [2.24, 2.45) is 5.92 Å². The summed E-state index contributed by atoms with van der Waals surface area (Å²) in [5.74, 6) is -0.738. The van der Waals surface area contributed by atoms with Gasteiger partial charge in [0.05, 0.1) is 18.4 Å². The smallest absolute Gasteiger partial charge is 0.334 e. The number of ether oxygens (including phenoxy) is 1. The SMILES string of the molecule is CC1CCOC=C1C(=O)O. The maximum Gasteiger partial charge on any atom is 0.334 e. The zero-order chi connectivity index (χ0) is 7.56. The predicted octanol–water partition coefficient (Wildman–Crippen LogP) is 1.01. The second-order valence-electron chi connectivity index (χ2n) is 2.44. The average Bonchev–Trinajstić information content (AvgIpc) is 1.88. The Bertz CT molecular complexity index is 172. The van der Waals surface area contributed by atoms with Crippen LogP contribution in [0.4, 0.5) is 0 Å². The first-order chi connectivity index (χ1) is 4.72. The lowest BCUT2D eigenvalue weighted by molar-refractivity contribution is -0.133. The molecule has 0 radical (unpaired) electrons. The van der Waals surface area contributed by atoms with E-state index < -0.39 is 5.97 Å². The van der Waals surface area contributed by atoms with Crippen LogP contribution >= 0.6 is 0 Å². The maximum atomic E-state index is 10.4. The van der Waals surface area contributed by atoms with E-state index in [2.05, 4.69) is 0 Å². The molecule has 56 valence electrons. The minimum Gasteiger partial charge on any atom is -0.501 e. The van der Waals surface area contributed by atoms with Crippen molar-refractivity contribution in [3.63, 3.8) is 0 Å². The lowest BCUT2D eigenvalue weighted by Gasteiger charge is -2.16. The van der Waals surface area contributed by atoms with Crippen molar-refractivity contribution in [2.75, 3.05) is 6.61 Å². The van der Waals surface area contributed by atoms with Crippen molar-refractivity contribution in [1.29, 1.82) is 0 Å². The zero-order valence-corrected chi connectivity index (χ0v) is 5.83. The third-order valence-electron chi connectivity index (χ3n) is 1.66. The Morgan fingerprint density at radius 1 is 1.90 bits per heavy atom. The van der Waals surface area contributed by atoms with Gasteiger partial charge in [0, 0.05) is 0 Å². The molecule has 0 amide bonds. The van der Waals surface area contributed by atoms with Crippen molar-refractivity contribution in [2.45, 2.75) is 13.3 Å². The summed E-state index contributed by atoms with van der Waals surface area (Å²) in [6.45, 7) is 2.53. The second kappa shape index (κ2) is 2.73. The first-order valence-electron chi connectivity index (χ1n) is 3.27. The molecule has 1 N–H and O–H groups in total. The molecule has 0 saturated heterocycles. The quantitative estimate of drug-likeness (QED) is 0.594. The second-order valence-corrected chi connectivity index (χ2v) is 2.44. The third kappa shape index (κ3) is 1.29. The van der Waals surface area contributed by atoms with Crippen LogP contribution in [0.2, 0.25) is 0 Å². The molecule has 0 saturated carbocycles. The van der Waals surface area contributed by atoms with E-state index in [-0.39, 0.29) is 5.92 Å². The average molecular weight is 142 g/mol. The molecule has 3 nitrogen and oxygen atoms in total. The van der Waals surface area contributed by atoms with Crippen LogP contribution in [0.1, 0.15) is 13.3 Å². The van der Waals surface area contributed by atoms with Crippen LogP contribution in [0.25, 0.3) is 0 Å². The molecule has 0 bridgehead atoms. The number of hydrogen-bond acceptors (Lipinski definition) is 2. The van der Waals surface area contributed by atoms with Crippen LogP contribution in [0.15, 0.2) is 11.8 Å². The standard InChI is InChI=1S/C7H10O3/c1-5-2-3-10-4-6(5)7(8)9/h4-5H,2-3H2,1H3,(H,8,9). The van der Waals surface area contributed by atoms with E-state index in [0.29, 0.717) is 12.2 Å². The Labute approximate surface area is 59.3 Å². The topological polar surface area (TPSA) is 46.5 Å². The van der Waals surface area contributed by atoms with E-state index in [1.807, 2.05) is 6.92 Å². The molecule has 0 aromatic heterocycles. The Morgan fingerprint density at radius 3 is 3.00 bits per heavy atom. The van der Waals surface area contributed by atoms with Crippen molar-refractivity contribution >= 4 is 5.97 Å². The summed E-state index contributed by atoms with van der Waals surface area (Å²) in [4.78, 5) is 10.4. The fraction of sp³-hybridized carbons (Fsp3) is 0.571. The van der Waals surface area contributed by atoms with Gasteiger partial charge in [-0.15, -0.1) is 0 Å². The lowest BCUT2D eigenvalue weighted by Crippen LogP contribution is -2.16. The van der Waals surface area contributed by atoms with E-state index in [1.54, 1.807) is 0 Å². The molecule has 0 aromatic rings. The fourth-order valence-electron chi connectivity index (χ4n) is 0.926. The van der Waals surface area contributed by atoms with Crippen LogP contribution in [-0.2, 0) is 9.53 Å². The van der Waals surface area contributed by atoms with Gasteiger partial charge in [0.1, 0.15) is 0 Å². The van der Waals surface area contributed by atoms with E-state index in [9.17, 15) is 4.79 Å². The molecule has 1 aliphatic rings. The molecule has 0 aromatic carbocycles. The van der Waals surface area contributed by atoms with Crippen LogP contribution in [0.3, 0.4) is 0 Å². The summed E-state index contributed by atoms with van der Waals surface area (Å²) in [6, 6.07) is 0. The Morgan fingerprint density at radius 2 is 2.60 bits per heavy atom. The molecular weight excluding hydrogens is 132 g/mol. The van der Waals surface area contributed by atoms with Gasteiger partial charge in [0.15, 0.2) is 0 Å². The molecule has 10 heavy (non-hydrogen) atoms. The highest BCUT2D eigenvalue weighted by Gasteiger charge is 2.19. The molecular formula is C7H10O3. The van der Waals surface area contributed by atoms with E-state index in [1.165, 1.54) is 6.26 Å². The minimum absolute atomic E-state index is 0.131. The highest BCUT2D eigenvalue weighted by Crippen LogP contribution is 2.19. The fourth-order valence-corrected chi connectivity index (χ4v) is 0.926. The summed E-state index contributed by atoms with van der Waals surface area (Å²) < 4.78 is 4.87. The third-order valence-corrected chi connectivity index (χ3v) is 1.66. The van der Waals surface area contributed by atoms with E-state index >= 15 is 0 Å². The number of carboxylic acids is 1. The Balaban J connectivity index is 2.71. The monoisotopic (exact) mass is 142 g/mol. The number of carbonyl (C=O) groups is 1. The Hall–Kier alpha value is -0.990. The Kier molecular flexibility index (Phi) is 1.94. The predicted molar refractivity (Wildman–Crippen MR) is 35.5 cm³/mol. The molecule has 1 aliphatic heterocycles. The number of rotatable bonds is 1. The zero-order valence-electron chi connectivity index (χ0n) is 5.83. The molecule has 0 aliphatic carbocycles. The van der Waals surface area contributed by atoms with Crippen LogP contribution < -0.4 is 0 Å². The van der Waals surface area contributed by atoms with Crippen molar-refractivity contribution in [3.05, 3.63) is 11.8 Å². The van der Waals surface area contributed by atoms with Crippen molar-refractivity contribution in [1.82, 2.24) is 0 Å². The summed E-state index contributed by atoms with van der Waals surface area (Å²) in [6.07, 6.45) is 2.15. The van der Waals surface area contributed by atoms with Gasteiger partial charge in [-0.3, -0.25) is 0 Å². The lowest BCUT2D eigenvalue weighted by atomic mass is 9.98. The van der Waals surface area contributed by atoms with Crippen LogP contribution in [-0.4, -0.2) is 17.7 Å².